The number of hydrogen-bond donors (Lipinski definition) is 1. The minimum atomic E-state index is -0.698. The summed E-state index contributed by atoms with van der Waals surface area (Å²) < 4.78 is 0. The molecule has 1 aliphatic rings. The molecular weight excluding hydrogens is 296 g/mol. The van der Waals surface area contributed by atoms with Gasteiger partial charge in [0, 0.05) is 6.42 Å². The predicted octanol–water partition coefficient (Wildman–Crippen LogP) is 6.02. The Morgan fingerprint density at radius 1 is 0.917 bits per heavy atom. The van der Waals surface area contributed by atoms with Crippen molar-refractivity contribution in [2.45, 2.75) is 84.0 Å². The van der Waals surface area contributed by atoms with Gasteiger partial charge in [0.05, 0.1) is 0 Å². The Morgan fingerprint density at radius 3 is 2.00 bits per heavy atom. The molecule has 2 rings (SSSR count). The number of aliphatic carboxylic acids is 1. The summed E-state index contributed by atoms with van der Waals surface area (Å²) in [7, 11) is 0. The summed E-state index contributed by atoms with van der Waals surface area (Å²) in [6.07, 6.45) is 14.4. The average molecular weight is 331 g/mol. The van der Waals surface area contributed by atoms with E-state index in [0.717, 1.165) is 24.7 Å². The van der Waals surface area contributed by atoms with E-state index in [1.54, 1.807) is 0 Å². The highest BCUT2D eigenvalue weighted by Gasteiger charge is 2.20. The SMILES string of the molecule is CCCCC1CCC(CCc2ccc(CCCC(=O)O)cc2)CC1. The second kappa shape index (κ2) is 10.5. The van der Waals surface area contributed by atoms with Gasteiger partial charge in [-0.2, -0.15) is 0 Å². The number of benzene rings is 1. The molecule has 1 aromatic rings. The summed E-state index contributed by atoms with van der Waals surface area (Å²) in [5, 5.41) is 8.69. The highest BCUT2D eigenvalue weighted by molar-refractivity contribution is 5.66. The lowest BCUT2D eigenvalue weighted by atomic mass is 9.78. The molecule has 0 aromatic heterocycles. The largest absolute Gasteiger partial charge is 0.481 e. The van der Waals surface area contributed by atoms with E-state index in [-0.39, 0.29) is 6.42 Å². The monoisotopic (exact) mass is 330 g/mol. The van der Waals surface area contributed by atoms with Crippen molar-refractivity contribution in [2.24, 2.45) is 11.8 Å². The van der Waals surface area contributed by atoms with E-state index in [1.807, 2.05) is 0 Å². The quantitative estimate of drug-likeness (QED) is 0.569. The standard InChI is InChI=1S/C22H34O2/c1-2-3-5-18-8-12-20(13-9-18)16-17-21-14-10-19(11-15-21)6-4-7-22(23)24/h10-11,14-15,18,20H,2-9,12-13,16-17H2,1H3,(H,23,24). The number of carboxylic acid groups (broad SMARTS) is 1. The Morgan fingerprint density at radius 2 is 1.46 bits per heavy atom. The Labute approximate surface area is 147 Å². The fourth-order valence-corrected chi connectivity index (χ4v) is 3.99. The zero-order valence-electron chi connectivity index (χ0n) is 15.3. The number of carboxylic acids is 1. The van der Waals surface area contributed by atoms with Gasteiger partial charge in [-0.3, -0.25) is 4.79 Å². The predicted molar refractivity (Wildman–Crippen MR) is 100 cm³/mol. The Bertz CT molecular complexity index is 469. The average Bonchev–Trinajstić information content (AvgIpc) is 2.60. The van der Waals surface area contributed by atoms with Crippen LogP contribution in [0.5, 0.6) is 0 Å². The first-order valence-corrected chi connectivity index (χ1v) is 9.97. The first-order valence-electron chi connectivity index (χ1n) is 9.97. The van der Waals surface area contributed by atoms with Crippen molar-refractivity contribution in [1.29, 1.82) is 0 Å². The number of hydrogen-bond acceptors (Lipinski definition) is 1. The first kappa shape index (κ1) is 19.0. The van der Waals surface area contributed by atoms with E-state index < -0.39 is 5.97 Å². The molecule has 1 fully saturated rings. The summed E-state index contributed by atoms with van der Waals surface area (Å²) in [4.78, 5) is 10.6. The molecule has 134 valence electrons. The third-order valence-electron chi connectivity index (χ3n) is 5.65. The van der Waals surface area contributed by atoms with Crippen molar-refractivity contribution in [3.05, 3.63) is 35.4 Å². The van der Waals surface area contributed by atoms with E-state index in [9.17, 15) is 4.79 Å². The molecule has 1 aliphatic carbocycles. The van der Waals surface area contributed by atoms with Crippen LogP contribution in [0, 0.1) is 11.8 Å². The lowest BCUT2D eigenvalue weighted by Crippen LogP contribution is -2.15. The molecule has 1 aromatic carbocycles. The smallest absolute Gasteiger partial charge is 0.303 e. The van der Waals surface area contributed by atoms with E-state index in [1.165, 1.54) is 68.9 Å². The van der Waals surface area contributed by atoms with Crippen LogP contribution in [0.3, 0.4) is 0 Å². The molecule has 0 amide bonds. The highest BCUT2D eigenvalue weighted by Crippen LogP contribution is 2.34. The fraction of sp³-hybridized carbons (Fsp3) is 0.682. The van der Waals surface area contributed by atoms with Gasteiger partial charge in [-0.25, -0.2) is 0 Å². The van der Waals surface area contributed by atoms with E-state index in [4.69, 9.17) is 5.11 Å². The molecule has 0 radical (unpaired) electrons. The molecule has 0 heterocycles. The number of unbranched alkanes of at least 4 members (excludes halogenated alkanes) is 1. The van der Waals surface area contributed by atoms with Gasteiger partial charge in [0.1, 0.15) is 0 Å². The van der Waals surface area contributed by atoms with Gasteiger partial charge in [0.2, 0.25) is 0 Å². The highest BCUT2D eigenvalue weighted by atomic mass is 16.4. The minimum absolute atomic E-state index is 0.267. The maximum Gasteiger partial charge on any atom is 0.303 e. The van der Waals surface area contributed by atoms with Crippen molar-refractivity contribution in [2.75, 3.05) is 0 Å². The van der Waals surface area contributed by atoms with Crippen LogP contribution in [-0.4, -0.2) is 11.1 Å². The molecule has 0 aliphatic heterocycles. The minimum Gasteiger partial charge on any atom is -0.481 e. The fourth-order valence-electron chi connectivity index (χ4n) is 3.99. The molecule has 0 saturated heterocycles. The molecule has 2 heteroatoms. The van der Waals surface area contributed by atoms with Crippen LogP contribution >= 0.6 is 0 Å². The number of rotatable bonds is 10. The molecule has 1 N–H and O–H groups in total. The summed E-state index contributed by atoms with van der Waals surface area (Å²) in [6.45, 7) is 2.29. The summed E-state index contributed by atoms with van der Waals surface area (Å²) in [5.74, 6) is 1.24. The van der Waals surface area contributed by atoms with Crippen molar-refractivity contribution in [3.63, 3.8) is 0 Å². The second-order valence-electron chi connectivity index (χ2n) is 7.63. The molecule has 0 spiro atoms. The molecule has 0 unspecified atom stereocenters. The van der Waals surface area contributed by atoms with E-state index in [0.29, 0.717) is 0 Å². The Balaban J connectivity index is 1.65. The zero-order valence-corrected chi connectivity index (χ0v) is 15.3. The van der Waals surface area contributed by atoms with Crippen LogP contribution in [0.25, 0.3) is 0 Å². The van der Waals surface area contributed by atoms with Crippen LogP contribution in [0.2, 0.25) is 0 Å². The zero-order chi connectivity index (χ0) is 17.2. The van der Waals surface area contributed by atoms with Gasteiger partial charge >= 0.3 is 5.97 Å². The van der Waals surface area contributed by atoms with Crippen molar-refractivity contribution < 1.29 is 9.90 Å². The molecule has 1 saturated carbocycles. The van der Waals surface area contributed by atoms with Gasteiger partial charge in [-0.15, -0.1) is 0 Å². The number of aryl methyl sites for hydroxylation is 2. The first-order chi connectivity index (χ1) is 11.7. The van der Waals surface area contributed by atoms with Crippen LogP contribution in [0.4, 0.5) is 0 Å². The molecule has 24 heavy (non-hydrogen) atoms. The lowest BCUT2D eigenvalue weighted by molar-refractivity contribution is -0.137. The Kier molecular flexibility index (Phi) is 8.35. The third-order valence-corrected chi connectivity index (χ3v) is 5.65. The maximum absolute atomic E-state index is 10.6. The summed E-state index contributed by atoms with van der Waals surface area (Å²) in [5.41, 5.74) is 2.70. The van der Waals surface area contributed by atoms with Crippen LogP contribution in [0.1, 0.15) is 82.3 Å². The van der Waals surface area contributed by atoms with Crippen molar-refractivity contribution in [1.82, 2.24) is 0 Å². The van der Waals surface area contributed by atoms with Gasteiger partial charge in [0.15, 0.2) is 0 Å². The van der Waals surface area contributed by atoms with E-state index in [2.05, 4.69) is 31.2 Å². The van der Waals surface area contributed by atoms with Crippen molar-refractivity contribution in [3.8, 4) is 0 Å². The summed E-state index contributed by atoms with van der Waals surface area (Å²) in [6, 6.07) is 8.84. The molecular formula is C22H34O2. The summed E-state index contributed by atoms with van der Waals surface area (Å²) >= 11 is 0. The van der Waals surface area contributed by atoms with Gasteiger partial charge < -0.3 is 5.11 Å². The van der Waals surface area contributed by atoms with Crippen LogP contribution < -0.4 is 0 Å². The van der Waals surface area contributed by atoms with E-state index >= 15 is 0 Å². The van der Waals surface area contributed by atoms with Gasteiger partial charge in [-0.05, 0) is 48.6 Å². The van der Waals surface area contributed by atoms with Gasteiger partial charge in [0.25, 0.3) is 0 Å². The van der Waals surface area contributed by atoms with Crippen LogP contribution in [-0.2, 0) is 17.6 Å². The van der Waals surface area contributed by atoms with Crippen molar-refractivity contribution >= 4 is 5.97 Å². The molecule has 0 atom stereocenters. The molecule has 0 bridgehead atoms. The second-order valence-corrected chi connectivity index (χ2v) is 7.63. The topological polar surface area (TPSA) is 37.3 Å². The van der Waals surface area contributed by atoms with Crippen LogP contribution in [0.15, 0.2) is 24.3 Å². The maximum atomic E-state index is 10.6. The van der Waals surface area contributed by atoms with Gasteiger partial charge in [-0.1, -0.05) is 76.1 Å². The normalized spacial score (nSPS) is 20.9. The number of carbonyl (C=O) groups is 1. The lowest BCUT2D eigenvalue weighted by Gasteiger charge is -2.28. The molecule has 2 nitrogen and oxygen atoms in total. The third kappa shape index (κ3) is 7.07. The Hall–Kier alpha value is -1.31.